The monoisotopic (exact) mass is 865 g/mol. The largest absolute Gasteiger partial charge is 0.455 e. The molecule has 2 nitrogen and oxygen atoms in total. The van der Waals surface area contributed by atoms with Crippen LogP contribution >= 0.6 is 0 Å². The fourth-order valence-electron chi connectivity index (χ4n) is 10.5. The van der Waals surface area contributed by atoms with Crippen molar-refractivity contribution in [3.05, 3.63) is 261 Å². The first kappa shape index (κ1) is 39.4. The van der Waals surface area contributed by atoms with E-state index in [1.165, 1.54) is 54.7 Å². The average Bonchev–Trinajstić information content (AvgIpc) is 3.81. The van der Waals surface area contributed by atoms with Crippen LogP contribution in [0.1, 0.15) is 0 Å². The third kappa shape index (κ3) is 6.73. The molecule has 0 spiro atoms. The molecule has 13 rings (SSSR count). The molecule has 0 saturated carbocycles. The van der Waals surface area contributed by atoms with Gasteiger partial charge in [0.25, 0.3) is 0 Å². The number of benzene rings is 12. The van der Waals surface area contributed by atoms with Crippen molar-refractivity contribution in [1.29, 1.82) is 0 Å². The van der Waals surface area contributed by atoms with Gasteiger partial charge in [0.05, 0.1) is 0 Å². The van der Waals surface area contributed by atoms with Crippen LogP contribution in [0.5, 0.6) is 0 Å². The first-order valence-electron chi connectivity index (χ1n) is 23.3. The number of furan rings is 1. The number of nitrogens with zero attached hydrogens (tertiary/aromatic N) is 1. The van der Waals surface area contributed by atoms with Gasteiger partial charge >= 0.3 is 0 Å². The summed E-state index contributed by atoms with van der Waals surface area (Å²) >= 11 is 0. The van der Waals surface area contributed by atoms with Gasteiger partial charge in [-0.1, -0.05) is 206 Å². The van der Waals surface area contributed by atoms with E-state index in [1.807, 2.05) is 0 Å². The minimum Gasteiger partial charge on any atom is -0.455 e. The Labute approximate surface area is 395 Å². The molecule has 13 aromatic rings. The Hall–Kier alpha value is -8.98. The van der Waals surface area contributed by atoms with Crippen molar-refractivity contribution in [2.75, 3.05) is 4.90 Å². The minimum atomic E-state index is 0.892. The molecule has 12 aromatic carbocycles. The Morgan fingerprint density at radius 3 is 1.46 bits per heavy atom. The molecule has 0 N–H and O–H groups in total. The van der Waals surface area contributed by atoms with Crippen LogP contribution < -0.4 is 4.90 Å². The molecule has 1 heterocycles. The highest BCUT2D eigenvalue weighted by molar-refractivity contribution is 6.22. The Kier molecular flexibility index (Phi) is 9.54. The zero-order valence-corrected chi connectivity index (χ0v) is 37.2. The van der Waals surface area contributed by atoms with Gasteiger partial charge in [0.1, 0.15) is 11.2 Å². The van der Waals surface area contributed by atoms with Gasteiger partial charge in [-0.05, 0) is 137 Å². The summed E-state index contributed by atoms with van der Waals surface area (Å²) < 4.78 is 6.59. The third-order valence-corrected chi connectivity index (χ3v) is 13.6. The summed E-state index contributed by atoms with van der Waals surface area (Å²) in [4.78, 5) is 2.39. The highest BCUT2D eigenvalue weighted by atomic mass is 16.3. The molecule has 0 fully saturated rings. The van der Waals surface area contributed by atoms with Crippen LogP contribution in [0.2, 0.25) is 0 Å². The van der Waals surface area contributed by atoms with E-state index in [2.05, 4.69) is 266 Å². The zero-order chi connectivity index (χ0) is 45.0. The van der Waals surface area contributed by atoms with Crippen LogP contribution in [-0.4, -0.2) is 0 Å². The molecule has 0 saturated heterocycles. The normalized spacial score (nSPS) is 11.5. The first-order chi connectivity index (χ1) is 33.7. The van der Waals surface area contributed by atoms with Crippen LogP contribution in [0.25, 0.3) is 110 Å². The topological polar surface area (TPSA) is 16.4 Å². The van der Waals surface area contributed by atoms with E-state index in [9.17, 15) is 0 Å². The molecule has 0 aliphatic heterocycles. The van der Waals surface area contributed by atoms with Crippen molar-refractivity contribution < 1.29 is 4.42 Å². The number of hydrogen-bond donors (Lipinski definition) is 0. The molecule has 68 heavy (non-hydrogen) atoms. The Bertz CT molecular complexity index is 4000. The molecule has 318 valence electrons. The maximum Gasteiger partial charge on any atom is 0.143 e. The SMILES string of the molecule is c1ccc(-c2cccc(N(c3ccc(-c4cccc5oc6c7ccccc7ccc6c45)cc3)c3cccc(-c4ccc5c(c4)c(-c4ccccc4)c(-c4ccccc4)c4ccccc45)c3)c2)cc1. The van der Waals surface area contributed by atoms with Gasteiger partial charge in [-0.3, -0.25) is 0 Å². The molecule has 1 aromatic heterocycles. The zero-order valence-electron chi connectivity index (χ0n) is 37.2. The lowest BCUT2D eigenvalue weighted by molar-refractivity contribution is 0.673. The van der Waals surface area contributed by atoms with Gasteiger partial charge < -0.3 is 9.32 Å². The van der Waals surface area contributed by atoms with E-state index >= 15 is 0 Å². The molecule has 0 radical (unpaired) electrons. The maximum atomic E-state index is 6.59. The number of rotatable bonds is 8. The summed E-state index contributed by atoms with van der Waals surface area (Å²) in [5.41, 5.74) is 16.9. The number of hydrogen-bond acceptors (Lipinski definition) is 2. The van der Waals surface area contributed by atoms with Crippen LogP contribution in [-0.2, 0) is 0 Å². The predicted octanol–water partition coefficient (Wildman–Crippen LogP) is 18.9. The van der Waals surface area contributed by atoms with Crippen molar-refractivity contribution in [1.82, 2.24) is 0 Å². The summed E-state index contributed by atoms with van der Waals surface area (Å²) in [6.45, 7) is 0. The molecule has 0 aliphatic rings. The lowest BCUT2D eigenvalue weighted by Gasteiger charge is -2.27. The molecule has 0 amide bonds. The van der Waals surface area contributed by atoms with Crippen molar-refractivity contribution in [3.8, 4) is 55.6 Å². The van der Waals surface area contributed by atoms with Crippen molar-refractivity contribution >= 4 is 71.3 Å². The summed E-state index contributed by atoms with van der Waals surface area (Å²) in [5, 5.41) is 9.54. The minimum absolute atomic E-state index is 0.892. The van der Waals surface area contributed by atoms with E-state index in [-0.39, 0.29) is 0 Å². The summed E-state index contributed by atoms with van der Waals surface area (Å²) in [7, 11) is 0. The second-order valence-corrected chi connectivity index (χ2v) is 17.6. The second-order valence-electron chi connectivity index (χ2n) is 17.6. The Morgan fingerprint density at radius 2 is 0.765 bits per heavy atom. The van der Waals surface area contributed by atoms with Gasteiger partial charge in [-0.15, -0.1) is 0 Å². The molecule has 0 aliphatic carbocycles. The molecule has 0 atom stereocenters. The highest BCUT2D eigenvalue weighted by Gasteiger charge is 2.21. The standard InChI is InChI=1S/C66H43NO/c1-4-17-44(18-5-1)49-24-14-26-53(41-49)67(52-37-33-46(34-38-52)55-31-16-32-62-65(55)60-40-35-45-19-10-11-28-56(45)66(60)68-62)54-27-15-25-50(42-54)51-36-39-58-57-29-12-13-30-59(57)63(47-20-6-2-7-21-47)64(61(58)43-51)48-22-8-3-9-23-48/h1-43H. The molecule has 0 bridgehead atoms. The van der Waals surface area contributed by atoms with E-state index in [0.717, 1.165) is 72.2 Å². The van der Waals surface area contributed by atoms with Gasteiger partial charge in [-0.2, -0.15) is 0 Å². The molecule has 2 heteroatoms. The van der Waals surface area contributed by atoms with E-state index < -0.39 is 0 Å². The van der Waals surface area contributed by atoms with Crippen molar-refractivity contribution in [2.45, 2.75) is 0 Å². The third-order valence-electron chi connectivity index (χ3n) is 13.6. The van der Waals surface area contributed by atoms with Crippen LogP contribution in [0.15, 0.2) is 265 Å². The van der Waals surface area contributed by atoms with Crippen LogP contribution in [0.4, 0.5) is 17.1 Å². The Morgan fingerprint density at radius 1 is 0.265 bits per heavy atom. The van der Waals surface area contributed by atoms with Gasteiger partial charge in [0.15, 0.2) is 0 Å². The predicted molar refractivity (Wildman–Crippen MR) is 288 cm³/mol. The highest BCUT2D eigenvalue weighted by Crippen LogP contribution is 2.47. The lowest BCUT2D eigenvalue weighted by atomic mass is 9.84. The quantitative estimate of drug-likeness (QED) is 0.142. The summed E-state index contributed by atoms with van der Waals surface area (Å²) in [6, 6.07) is 94.4. The van der Waals surface area contributed by atoms with Gasteiger partial charge in [0, 0.05) is 33.2 Å². The lowest BCUT2D eigenvalue weighted by Crippen LogP contribution is -2.10. The van der Waals surface area contributed by atoms with Crippen molar-refractivity contribution in [2.24, 2.45) is 0 Å². The first-order valence-corrected chi connectivity index (χ1v) is 23.3. The molecular formula is C66H43NO. The van der Waals surface area contributed by atoms with E-state index in [1.54, 1.807) is 0 Å². The Balaban J connectivity index is 0.969. The smallest absolute Gasteiger partial charge is 0.143 e. The summed E-state index contributed by atoms with van der Waals surface area (Å²) in [5.74, 6) is 0. The summed E-state index contributed by atoms with van der Waals surface area (Å²) in [6.07, 6.45) is 0. The van der Waals surface area contributed by atoms with Gasteiger partial charge in [0.2, 0.25) is 0 Å². The fraction of sp³-hybridized carbons (Fsp3) is 0. The fourth-order valence-corrected chi connectivity index (χ4v) is 10.5. The molecular weight excluding hydrogens is 823 g/mol. The number of anilines is 3. The van der Waals surface area contributed by atoms with Crippen LogP contribution in [0, 0.1) is 0 Å². The van der Waals surface area contributed by atoms with Crippen LogP contribution in [0.3, 0.4) is 0 Å². The van der Waals surface area contributed by atoms with E-state index in [4.69, 9.17) is 4.42 Å². The average molecular weight is 866 g/mol. The van der Waals surface area contributed by atoms with Gasteiger partial charge in [-0.25, -0.2) is 0 Å². The second kappa shape index (κ2) is 16.5. The van der Waals surface area contributed by atoms with Crippen molar-refractivity contribution in [3.63, 3.8) is 0 Å². The maximum absolute atomic E-state index is 6.59. The number of fused-ring (bicyclic) bond motifs is 8. The molecule has 0 unspecified atom stereocenters. The van der Waals surface area contributed by atoms with E-state index in [0.29, 0.717) is 0 Å².